The zero-order valence-corrected chi connectivity index (χ0v) is 25.2. The number of hydrogen-bond donors (Lipinski definition) is 3. The molecule has 15 heteroatoms. The van der Waals surface area contributed by atoms with Crippen LogP contribution in [0.25, 0.3) is 0 Å². The molecule has 3 amide bonds. The maximum absolute atomic E-state index is 13.8. The molecule has 242 valence electrons. The van der Waals surface area contributed by atoms with E-state index in [-0.39, 0.29) is 11.8 Å². The molecule has 0 radical (unpaired) electrons. The minimum atomic E-state index is -5.07. The smallest absolute Gasteiger partial charge is 0.416 e. The zero-order valence-electron chi connectivity index (χ0n) is 24.3. The highest BCUT2D eigenvalue weighted by molar-refractivity contribution is 8.13. The predicted octanol–water partition coefficient (Wildman–Crippen LogP) is 8.14. The Morgan fingerprint density at radius 3 is 2.24 bits per heavy atom. The molecular formula is C31H27F6N5O3S. The summed E-state index contributed by atoms with van der Waals surface area (Å²) >= 11 is 1.54. The third kappa shape index (κ3) is 7.25. The Labute approximate surface area is 263 Å². The van der Waals surface area contributed by atoms with Crippen LogP contribution < -0.4 is 20.7 Å². The molecule has 3 aromatic carbocycles. The van der Waals surface area contributed by atoms with Gasteiger partial charge >= 0.3 is 18.4 Å². The molecule has 0 bridgehead atoms. The summed E-state index contributed by atoms with van der Waals surface area (Å²) < 4.78 is 85.1. The van der Waals surface area contributed by atoms with Gasteiger partial charge in [0.2, 0.25) is 0 Å². The topological polar surface area (TPSA) is 95.1 Å². The van der Waals surface area contributed by atoms with Gasteiger partial charge in [-0.15, -0.1) is 0 Å². The van der Waals surface area contributed by atoms with Crippen molar-refractivity contribution < 1.29 is 40.7 Å². The summed E-state index contributed by atoms with van der Waals surface area (Å²) in [5.41, 5.74) is -1.74. The number of methoxy groups -OCH3 is 1. The van der Waals surface area contributed by atoms with Crippen molar-refractivity contribution in [3.63, 3.8) is 0 Å². The third-order valence-electron chi connectivity index (χ3n) is 7.16. The maximum atomic E-state index is 13.8. The number of nitrogens with one attached hydrogen (secondary N) is 3. The van der Waals surface area contributed by atoms with Crippen LogP contribution in [-0.2, 0) is 17.1 Å². The van der Waals surface area contributed by atoms with E-state index in [2.05, 4.69) is 20.9 Å². The van der Waals surface area contributed by atoms with Gasteiger partial charge in [0.15, 0.2) is 5.17 Å². The molecule has 0 saturated carbocycles. The number of aliphatic imine (C=N–C) groups is 1. The van der Waals surface area contributed by atoms with E-state index in [9.17, 15) is 35.9 Å². The van der Waals surface area contributed by atoms with Gasteiger partial charge in [0.25, 0.3) is 5.91 Å². The third-order valence-corrected chi connectivity index (χ3v) is 8.24. The summed E-state index contributed by atoms with van der Waals surface area (Å²) in [5.74, 6) is 0.872. The van der Waals surface area contributed by atoms with Crippen LogP contribution in [0, 0.1) is 0 Å². The van der Waals surface area contributed by atoms with Gasteiger partial charge in [-0.25, -0.2) is 9.79 Å². The fourth-order valence-electron chi connectivity index (χ4n) is 5.15. The number of hydrogen-bond acceptors (Lipinski definition) is 6. The minimum Gasteiger partial charge on any atom is -0.495 e. The molecule has 1 saturated heterocycles. The number of rotatable bonds is 6. The fraction of sp³-hybridized carbons (Fsp3) is 0.258. The number of allylic oxidation sites excluding steroid dienone is 1. The second kappa shape index (κ2) is 13.0. The highest BCUT2D eigenvalue weighted by Crippen LogP contribution is 2.41. The molecule has 2 aliphatic rings. The van der Waals surface area contributed by atoms with Crippen LogP contribution in [-0.4, -0.2) is 41.4 Å². The van der Waals surface area contributed by atoms with Gasteiger partial charge in [-0.05, 0) is 61.4 Å². The quantitative estimate of drug-likeness (QED) is 0.232. The molecule has 46 heavy (non-hydrogen) atoms. The molecule has 0 spiro atoms. The lowest BCUT2D eigenvalue weighted by Gasteiger charge is -2.41. The lowest BCUT2D eigenvalue weighted by Crippen LogP contribution is -2.43. The van der Waals surface area contributed by atoms with E-state index >= 15 is 0 Å². The molecule has 5 rings (SSSR count). The molecule has 0 aliphatic carbocycles. The number of carbonyl (C=O) groups is 2. The van der Waals surface area contributed by atoms with Crippen molar-refractivity contribution in [1.29, 1.82) is 0 Å². The summed E-state index contributed by atoms with van der Waals surface area (Å²) in [6.45, 7) is 2.31. The number of para-hydroxylation sites is 2. The highest BCUT2D eigenvalue weighted by atomic mass is 32.2. The molecule has 8 nitrogen and oxygen atoms in total. The second-order valence-electron chi connectivity index (χ2n) is 10.3. The van der Waals surface area contributed by atoms with Crippen molar-refractivity contribution in [2.24, 2.45) is 4.99 Å². The first-order valence-electron chi connectivity index (χ1n) is 13.9. The largest absolute Gasteiger partial charge is 0.495 e. The van der Waals surface area contributed by atoms with E-state index in [1.165, 1.54) is 13.2 Å². The van der Waals surface area contributed by atoms with Crippen LogP contribution >= 0.6 is 11.8 Å². The predicted molar refractivity (Wildman–Crippen MR) is 164 cm³/mol. The molecule has 1 fully saturated rings. The Morgan fingerprint density at radius 2 is 1.57 bits per heavy atom. The molecule has 3 N–H and O–H groups in total. The molecule has 2 heterocycles. The van der Waals surface area contributed by atoms with Crippen LogP contribution in [0.15, 0.2) is 83.0 Å². The summed E-state index contributed by atoms with van der Waals surface area (Å²) in [6, 6.07) is 12.5. The maximum Gasteiger partial charge on any atom is 0.416 e. The van der Waals surface area contributed by atoms with E-state index in [1.54, 1.807) is 61.2 Å². The number of benzene rings is 3. The average Bonchev–Trinajstić information content (AvgIpc) is 2.99. The van der Waals surface area contributed by atoms with Gasteiger partial charge in [0.05, 0.1) is 41.2 Å². The van der Waals surface area contributed by atoms with Crippen molar-refractivity contribution in [3.8, 4) is 5.75 Å². The SMILES string of the molecule is COc1ccccc1NC(=O)C1=C(C)N=C2SCCCN2C1c1cccc(NC(=O)Nc2cc(C(F)(F)F)cc(C(F)(F)F)c2)c1. The van der Waals surface area contributed by atoms with E-state index in [0.29, 0.717) is 46.9 Å². The number of anilines is 3. The Bertz CT molecular complexity index is 1690. The number of alkyl halides is 6. The van der Waals surface area contributed by atoms with Gasteiger partial charge in [0.1, 0.15) is 5.75 Å². The van der Waals surface area contributed by atoms with Crippen LogP contribution in [0.3, 0.4) is 0 Å². The summed E-state index contributed by atoms with van der Waals surface area (Å²) in [5, 5.41) is 8.15. The normalized spacial score (nSPS) is 16.7. The highest BCUT2D eigenvalue weighted by Gasteiger charge is 2.39. The number of amidine groups is 1. The standard InChI is InChI=1S/C31H27F6N5O3S/c1-17-25(27(43)41-23-9-3-4-10-24(23)45-2)26(42-11-6-12-46-29(42)38-17)18-7-5-8-21(13-18)39-28(44)40-22-15-19(30(32,33)34)14-20(16-22)31(35,36)37/h3-5,7-10,13-16,26H,6,11-12H2,1-2H3,(H,41,43)(H2,39,40,44). The number of nitrogens with zero attached hydrogens (tertiary/aromatic N) is 2. The molecule has 0 aromatic heterocycles. The van der Waals surface area contributed by atoms with Crippen molar-refractivity contribution in [1.82, 2.24) is 4.90 Å². The first kappa shape index (κ1) is 32.7. The minimum absolute atomic E-state index is 0.0235. The van der Waals surface area contributed by atoms with Gasteiger partial charge in [0, 0.05) is 23.7 Å². The Kier molecular flexibility index (Phi) is 9.24. The fourth-order valence-corrected chi connectivity index (χ4v) is 6.17. The van der Waals surface area contributed by atoms with Gasteiger partial charge in [-0.3, -0.25) is 4.79 Å². The molecule has 3 aromatic rings. The first-order valence-corrected chi connectivity index (χ1v) is 14.8. The van der Waals surface area contributed by atoms with Crippen LogP contribution in [0.2, 0.25) is 0 Å². The zero-order chi connectivity index (χ0) is 33.2. The molecule has 1 unspecified atom stereocenters. The second-order valence-corrected chi connectivity index (χ2v) is 11.4. The van der Waals surface area contributed by atoms with Gasteiger partial charge < -0.3 is 25.6 Å². The Balaban J connectivity index is 1.43. The molecular weight excluding hydrogens is 636 g/mol. The number of carbonyl (C=O) groups excluding carboxylic acids is 2. The summed E-state index contributed by atoms with van der Waals surface area (Å²) in [6.07, 6.45) is -9.32. The number of thioether (sulfide) groups is 1. The van der Waals surface area contributed by atoms with E-state index in [4.69, 9.17) is 4.74 Å². The first-order chi connectivity index (χ1) is 21.7. The van der Waals surface area contributed by atoms with Gasteiger partial charge in [-0.1, -0.05) is 36.0 Å². The van der Waals surface area contributed by atoms with Crippen molar-refractivity contribution in [3.05, 3.63) is 94.7 Å². The summed E-state index contributed by atoms with van der Waals surface area (Å²) in [4.78, 5) is 33.3. The number of halogens is 6. The van der Waals surface area contributed by atoms with Crippen LogP contribution in [0.4, 0.5) is 48.2 Å². The Morgan fingerprint density at radius 1 is 0.891 bits per heavy atom. The lowest BCUT2D eigenvalue weighted by molar-refractivity contribution is -0.143. The molecule has 1 atom stereocenters. The number of fused-ring (bicyclic) bond motifs is 1. The van der Waals surface area contributed by atoms with Gasteiger partial charge in [-0.2, -0.15) is 26.3 Å². The van der Waals surface area contributed by atoms with Crippen molar-refractivity contribution in [2.75, 3.05) is 35.4 Å². The van der Waals surface area contributed by atoms with E-state index in [1.807, 2.05) is 4.90 Å². The van der Waals surface area contributed by atoms with Crippen molar-refractivity contribution >= 4 is 45.9 Å². The van der Waals surface area contributed by atoms with Crippen molar-refractivity contribution in [2.45, 2.75) is 31.7 Å². The average molecular weight is 664 g/mol. The van der Waals surface area contributed by atoms with Crippen LogP contribution in [0.5, 0.6) is 5.75 Å². The molecule has 2 aliphatic heterocycles. The number of urea groups is 1. The van der Waals surface area contributed by atoms with Crippen LogP contribution in [0.1, 0.15) is 36.1 Å². The lowest BCUT2D eigenvalue weighted by atomic mass is 9.93. The Hall–Kier alpha value is -4.66. The monoisotopic (exact) mass is 663 g/mol. The summed E-state index contributed by atoms with van der Waals surface area (Å²) in [7, 11) is 1.48. The van der Waals surface area contributed by atoms with E-state index < -0.39 is 47.1 Å². The number of ether oxygens (including phenoxy) is 1. The van der Waals surface area contributed by atoms with E-state index in [0.717, 1.165) is 17.3 Å². The number of amides is 3.